The van der Waals surface area contributed by atoms with Crippen molar-refractivity contribution in [2.24, 2.45) is 35.5 Å². The molecule has 2 aliphatic heterocycles. The summed E-state index contributed by atoms with van der Waals surface area (Å²) in [4.78, 5) is 25.5. The van der Waals surface area contributed by atoms with Crippen molar-refractivity contribution in [3.63, 3.8) is 0 Å². The van der Waals surface area contributed by atoms with Gasteiger partial charge < -0.3 is 39.0 Å². The van der Waals surface area contributed by atoms with Crippen LogP contribution in [-0.2, 0) is 33.3 Å². The van der Waals surface area contributed by atoms with E-state index in [0.717, 1.165) is 5.57 Å². The average Bonchev–Trinajstić information content (AvgIpc) is 3.00. The highest BCUT2D eigenvalue weighted by atomic mass is 16.6. The Morgan fingerprint density at radius 2 is 1.72 bits per heavy atom. The Hall–Kier alpha value is -2.50. The highest BCUT2D eigenvalue weighted by Crippen LogP contribution is 2.42. The SMILES string of the molecule is CO/C1=C\C(C)=C\[C@@H](C)[C@@H](O)[C@@H](C)C/C(C)=C/C=C/[C@H](OC)[C@@H]([C@@H](C)[C@@H](O)[C@H](C)[C@@]2(O)C[C@@H](OC(C)=O)[C@H](C)[C@@H](C(C)C)O2)OC1=O. The molecule has 10 nitrogen and oxygen atoms in total. The molecule has 10 heteroatoms. The summed E-state index contributed by atoms with van der Waals surface area (Å²) in [5.41, 5.74) is 1.76. The van der Waals surface area contributed by atoms with Gasteiger partial charge in [0.25, 0.3) is 0 Å². The Kier molecular flexibility index (Phi) is 15.4. The quantitative estimate of drug-likeness (QED) is 0.294. The van der Waals surface area contributed by atoms with Gasteiger partial charge in [0, 0.05) is 44.1 Å². The lowest BCUT2D eigenvalue weighted by Gasteiger charge is -2.50. The Labute approximate surface area is 281 Å². The number of methoxy groups -OCH3 is 2. The highest BCUT2D eigenvalue weighted by molar-refractivity contribution is 5.87. The molecule has 0 aromatic rings. The molecule has 47 heavy (non-hydrogen) atoms. The van der Waals surface area contributed by atoms with Crippen molar-refractivity contribution in [3.05, 3.63) is 47.3 Å². The molecular formula is C37H60O10. The van der Waals surface area contributed by atoms with Crippen molar-refractivity contribution < 1.29 is 48.6 Å². The standard InChI is InChI=1S/C37H60O10/c1-20(2)34-25(7)31(45-28(10)38)19-37(42,47-34)27(9)33(40)26(8)35-29(43-11)15-13-14-21(3)16-23(5)32(39)24(6)17-22(4)18-30(44-12)36(41)46-35/h13-15,17-18,20,23-27,29,31-35,39-40,42H,16,19H2,1-12H3/b15-13+,21-14+,22-17+,30-18-/t23-,24+,25-,26-,27-,29-,31+,32-,33+,34+,35+,37+/m0/s1. The largest absolute Gasteiger partial charge is 0.490 e. The number of carbonyl (C=O) groups excluding carboxylic acids is 2. The third kappa shape index (κ3) is 10.7. The lowest BCUT2D eigenvalue weighted by atomic mass is 9.76. The topological polar surface area (TPSA) is 141 Å². The summed E-state index contributed by atoms with van der Waals surface area (Å²) in [5.74, 6) is -5.15. The number of aliphatic hydroxyl groups excluding tert-OH is 2. The first kappa shape index (κ1) is 40.7. The number of carbonyl (C=O) groups is 2. The van der Waals surface area contributed by atoms with Gasteiger partial charge in [0.05, 0.1) is 25.4 Å². The van der Waals surface area contributed by atoms with E-state index in [1.165, 1.54) is 21.1 Å². The van der Waals surface area contributed by atoms with Gasteiger partial charge in [0.1, 0.15) is 18.3 Å². The van der Waals surface area contributed by atoms with Crippen LogP contribution in [0.5, 0.6) is 0 Å². The van der Waals surface area contributed by atoms with Crippen molar-refractivity contribution in [2.45, 2.75) is 124 Å². The van der Waals surface area contributed by atoms with Gasteiger partial charge in [-0.15, -0.1) is 0 Å². The maximum atomic E-state index is 13.6. The second kappa shape index (κ2) is 17.8. The van der Waals surface area contributed by atoms with Crippen LogP contribution >= 0.6 is 0 Å². The first-order valence-electron chi connectivity index (χ1n) is 16.8. The van der Waals surface area contributed by atoms with Crippen molar-refractivity contribution in [1.82, 2.24) is 0 Å². The van der Waals surface area contributed by atoms with Gasteiger partial charge in [0.15, 0.2) is 5.79 Å². The zero-order valence-corrected chi connectivity index (χ0v) is 30.4. The number of hydrogen-bond donors (Lipinski definition) is 3. The minimum absolute atomic E-state index is 0.00351. The number of rotatable bonds is 8. The first-order valence-corrected chi connectivity index (χ1v) is 16.8. The second-order valence-corrected chi connectivity index (χ2v) is 14.1. The van der Waals surface area contributed by atoms with Crippen LogP contribution in [0.2, 0.25) is 0 Å². The lowest BCUT2D eigenvalue weighted by Crippen LogP contribution is -2.59. The summed E-state index contributed by atoms with van der Waals surface area (Å²) < 4.78 is 29.2. The maximum Gasteiger partial charge on any atom is 0.373 e. The van der Waals surface area contributed by atoms with E-state index in [-0.39, 0.29) is 35.9 Å². The van der Waals surface area contributed by atoms with Gasteiger partial charge >= 0.3 is 11.9 Å². The molecule has 1 saturated heterocycles. The molecule has 1 fully saturated rings. The van der Waals surface area contributed by atoms with E-state index in [1.807, 2.05) is 66.7 Å². The van der Waals surface area contributed by atoms with Crippen molar-refractivity contribution in [2.75, 3.05) is 14.2 Å². The molecule has 0 aromatic heterocycles. The molecule has 2 aliphatic rings. The Morgan fingerprint density at radius 3 is 2.28 bits per heavy atom. The number of allylic oxidation sites excluding steroid dienone is 5. The fraction of sp³-hybridized carbons (Fsp3) is 0.730. The number of ether oxygens (including phenoxy) is 5. The van der Waals surface area contributed by atoms with E-state index in [1.54, 1.807) is 26.0 Å². The molecule has 2 heterocycles. The van der Waals surface area contributed by atoms with E-state index in [9.17, 15) is 24.9 Å². The molecule has 0 saturated carbocycles. The molecule has 0 unspecified atom stereocenters. The van der Waals surface area contributed by atoms with Gasteiger partial charge in [-0.1, -0.05) is 83.9 Å². The summed E-state index contributed by atoms with van der Waals surface area (Å²) >= 11 is 0. The maximum absolute atomic E-state index is 13.6. The normalized spacial score (nSPS) is 39.1. The predicted molar refractivity (Wildman–Crippen MR) is 180 cm³/mol. The molecule has 0 aromatic carbocycles. The third-order valence-electron chi connectivity index (χ3n) is 9.79. The van der Waals surface area contributed by atoms with Gasteiger partial charge in [-0.05, 0) is 38.2 Å². The lowest BCUT2D eigenvalue weighted by molar-refractivity contribution is -0.329. The summed E-state index contributed by atoms with van der Waals surface area (Å²) in [5, 5.41) is 34.7. The smallest absolute Gasteiger partial charge is 0.373 e. The van der Waals surface area contributed by atoms with Crippen LogP contribution in [0.4, 0.5) is 0 Å². The number of esters is 2. The van der Waals surface area contributed by atoms with Crippen molar-refractivity contribution in [3.8, 4) is 0 Å². The van der Waals surface area contributed by atoms with Gasteiger partial charge in [-0.2, -0.15) is 0 Å². The number of hydrogen-bond acceptors (Lipinski definition) is 10. The van der Waals surface area contributed by atoms with Crippen LogP contribution in [0.3, 0.4) is 0 Å². The third-order valence-corrected chi connectivity index (χ3v) is 9.79. The Balaban J connectivity index is 2.55. The molecule has 2 rings (SSSR count). The number of aliphatic hydroxyl groups is 3. The van der Waals surface area contributed by atoms with Crippen LogP contribution < -0.4 is 0 Å². The Morgan fingerprint density at radius 1 is 1.09 bits per heavy atom. The average molecular weight is 665 g/mol. The molecule has 12 atom stereocenters. The molecule has 0 amide bonds. The van der Waals surface area contributed by atoms with E-state index in [2.05, 4.69) is 0 Å². The fourth-order valence-electron chi connectivity index (χ4n) is 6.88. The van der Waals surface area contributed by atoms with Crippen molar-refractivity contribution in [1.29, 1.82) is 0 Å². The van der Waals surface area contributed by atoms with Crippen LogP contribution in [0.15, 0.2) is 47.3 Å². The second-order valence-electron chi connectivity index (χ2n) is 14.1. The van der Waals surface area contributed by atoms with E-state index in [0.29, 0.717) is 12.0 Å². The minimum atomic E-state index is -1.84. The molecular weight excluding hydrogens is 604 g/mol. The highest BCUT2D eigenvalue weighted by Gasteiger charge is 2.53. The van der Waals surface area contributed by atoms with E-state index >= 15 is 0 Å². The zero-order valence-electron chi connectivity index (χ0n) is 30.4. The molecule has 0 bridgehead atoms. The number of cyclic esters (lactones) is 1. The monoisotopic (exact) mass is 664 g/mol. The van der Waals surface area contributed by atoms with Crippen LogP contribution in [0.1, 0.15) is 82.1 Å². The summed E-state index contributed by atoms with van der Waals surface area (Å²) in [6.07, 6.45) is 4.90. The van der Waals surface area contributed by atoms with Crippen LogP contribution in [0, 0.1) is 35.5 Å². The van der Waals surface area contributed by atoms with Gasteiger partial charge in [0.2, 0.25) is 5.76 Å². The summed E-state index contributed by atoms with van der Waals surface area (Å²) in [6.45, 7) is 18.3. The molecule has 268 valence electrons. The summed E-state index contributed by atoms with van der Waals surface area (Å²) in [7, 11) is 2.86. The van der Waals surface area contributed by atoms with Crippen molar-refractivity contribution >= 4 is 11.9 Å². The minimum Gasteiger partial charge on any atom is -0.490 e. The molecule has 3 N–H and O–H groups in total. The van der Waals surface area contributed by atoms with Crippen LogP contribution in [-0.4, -0.2) is 83.9 Å². The predicted octanol–water partition coefficient (Wildman–Crippen LogP) is 5.26. The zero-order chi connectivity index (χ0) is 35.8. The molecule has 0 spiro atoms. The van der Waals surface area contributed by atoms with Gasteiger partial charge in [-0.25, -0.2) is 4.79 Å². The van der Waals surface area contributed by atoms with E-state index < -0.39 is 66.2 Å². The Bertz CT molecular complexity index is 1170. The fourth-order valence-corrected chi connectivity index (χ4v) is 6.88. The van der Waals surface area contributed by atoms with Crippen LogP contribution in [0.25, 0.3) is 0 Å². The molecule has 0 radical (unpaired) electrons. The summed E-state index contributed by atoms with van der Waals surface area (Å²) in [6, 6.07) is 0. The van der Waals surface area contributed by atoms with Gasteiger partial charge in [-0.3, -0.25) is 4.79 Å². The first-order chi connectivity index (χ1) is 21.9. The molecule has 0 aliphatic carbocycles. The van der Waals surface area contributed by atoms with E-state index in [4.69, 9.17) is 23.7 Å².